The average molecular weight is 492 g/mol. The summed E-state index contributed by atoms with van der Waals surface area (Å²) >= 11 is 4.53. The van der Waals surface area contributed by atoms with Gasteiger partial charge in [-0.05, 0) is 39.2 Å². The number of carbonyl (C=O) groups is 2. The van der Waals surface area contributed by atoms with E-state index in [1.807, 2.05) is 30.3 Å². The van der Waals surface area contributed by atoms with E-state index in [4.69, 9.17) is 14.6 Å². The number of rotatable bonds is 8. The summed E-state index contributed by atoms with van der Waals surface area (Å²) in [6.45, 7) is 0.394. The van der Waals surface area contributed by atoms with E-state index < -0.39 is 11.2 Å². The summed E-state index contributed by atoms with van der Waals surface area (Å²) in [5.74, 6) is -0.334. The van der Waals surface area contributed by atoms with Crippen molar-refractivity contribution in [1.29, 1.82) is 0 Å². The van der Waals surface area contributed by atoms with Crippen LogP contribution in [0.25, 0.3) is 0 Å². The minimum Gasteiger partial charge on any atom is -0.493 e. The molecule has 1 aliphatic rings. The molecular weight excluding hydrogens is 474 g/mol. The number of methoxy groups -OCH3 is 1. The molecule has 1 unspecified atom stereocenters. The zero-order valence-electron chi connectivity index (χ0n) is 15.9. The number of amides is 1. The van der Waals surface area contributed by atoms with E-state index in [2.05, 4.69) is 31.4 Å². The van der Waals surface area contributed by atoms with Crippen molar-refractivity contribution in [2.75, 3.05) is 7.11 Å². The first-order valence-electron chi connectivity index (χ1n) is 8.81. The predicted molar refractivity (Wildman–Crippen MR) is 118 cm³/mol. The highest BCUT2D eigenvalue weighted by molar-refractivity contribution is 9.10. The van der Waals surface area contributed by atoms with Crippen LogP contribution in [0, 0.1) is 0 Å². The van der Waals surface area contributed by atoms with Crippen molar-refractivity contribution in [2.45, 2.75) is 18.3 Å². The van der Waals surface area contributed by atoms with Gasteiger partial charge in [-0.1, -0.05) is 42.1 Å². The van der Waals surface area contributed by atoms with Crippen molar-refractivity contribution in [3.63, 3.8) is 0 Å². The normalized spacial score (nSPS) is 17.3. The average Bonchev–Trinajstić information content (AvgIpc) is 3.06. The molecule has 1 fully saturated rings. The van der Waals surface area contributed by atoms with E-state index in [-0.39, 0.29) is 17.5 Å². The van der Waals surface area contributed by atoms with Gasteiger partial charge in [-0.25, -0.2) is 0 Å². The molecular formula is C20H18BrN3O5S. The second-order valence-corrected chi connectivity index (χ2v) is 8.20. The highest BCUT2D eigenvalue weighted by Crippen LogP contribution is 2.37. The third-order valence-electron chi connectivity index (χ3n) is 3.97. The molecule has 1 atom stereocenters. The largest absolute Gasteiger partial charge is 0.493 e. The molecule has 8 nitrogen and oxygen atoms in total. The Labute approximate surface area is 185 Å². The van der Waals surface area contributed by atoms with E-state index in [1.54, 1.807) is 19.2 Å². The topological polar surface area (TPSA) is 110 Å². The van der Waals surface area contributed by atoms with Gasteiger partial charge in [0.25, 0.3) is 0 Å². The fraction of sp³-hybridized carbons (Fsp3) is 0.200. The number of carboxylic acids is 1. The number of carbonyl (C=O) groups excluding carboxylic acids is 1. The van der Waals surface area contributed by atoms with Gasteiger partial charge in [0, 0.05) is 0 Å². The third-order valence-corrected chi connectivity index (χ3v) is 5.63. The van der Waals surface area contributed by atoms with Crippen molar-refractivity contribution in [1.82, 2.24) is 5.32 Å². The Hall–Kier alpha value is -2.85. The number of thioether (sulfide) groups is 1. The Morgan fingerprint density at radius 3 is 2.80 bits per heavy atom. The number of amidine groups is 1. The summed E-state index contributed by atoms with van der Waals surface area (Å²) in [5.41, 5.74) is 1.73. The van der Waals surface area contributed by atoms with Crippen LogP contribution in [0.15, 0.2) is 57.1 Å². The summed E-state index contributed by atoms with van der Waals surface area (Å²) in [7, 11) is 1.55. The molecule has 30 heavy (non-hydrogen) atoms. The number of ether oxygens (including phenoxy) is 2. The first-order chi connectivity index (χ1) is 14.5. The molecule has 0 bridgehead atoms. The van der Waals surface area contributed by atoms with Crippen LogP contribution in [0.5, 0.6) is 11.5 Å². The smallest absolute Gasteiger partial charge is 0.305 e. The molecule has 0 spiro atoms. The van der Waals surface area contributed by atoms with Crippen LogP contribution in [-0.4, -0.2) is 40.7 Å². The van der Waals surface area contributed by atoms with Gasteiger partial charge in [0.1, 0.15) is 11.9 Å². The number of carboxylic acid groups (broad SMARTS) is 1. The van der Waals surface area contributed by atoms with Crippen molar-refractivity contribution in [2.24, 2.45) is 10.2 Å². The van der Waals surface area contributed by atoms with Gasteiger partial charge >= 0.3 is 5.97 Å². The quantitative estimate of drug-likeness (QED) is 0.432. The van der Waals surface area contributed by atoms with Crippen LogP contribution in [0.4, 0.5) is 0 Å². The minimum atomic E-state index is -1.04. The van der Waals surface area contributed by atoms with E-state index >= 15 is 0 Å². The summed E-state index contributed by atoms with van der Waals surface area (Å²) in [6, 6.07) is 13.3. The maximum atomic E-state index is 11.7. The van der Waals surface area contributed by atoms with Crippen LogP contribution in [0.3, 0.4) is 0 Å². The van der Waals surface area contributed by atoms with Gasteiger partial charge in [-0.2, -0.15) is 5.10 Å². The molecule has 2 aromatic carbocycles. The lowest BCUT2D eigenvalue weighted by Crippen LogP contribution is -2.26. The summed E-state index contributed by atoms with van der Waals surface area (Å²) < 4.78 is 12.0. The molecule has 2 N–H and O–H groups in total. The predicted octanol–water partition coefficient (Wildman–Crippen LogP) is 3.43. The Balaban J connectivity index is 1.69. The number of halogens is 1. The Morgan fingerprint density at radius 1 is 1.33 bits per heavy atom. The number of nitrogens with one attached hydrogen (secondary N) is 1. The zero-order valence-corrected chi connectivity index (χ0v) is 18.3. The minimum absolute atomic E-state index is 0.261. The maximum Gasteiger partial charge on any atom is 0.305 e. The van der Waals surface area contributed by atoms with Crippen LogP contribution < -0.4 is 14.8 Å². The fourth-order valence-electron chi connectivity index (χ4n) is 2.58. The lowest BCUT2D eigenvalue weighted by atomic mass is 10.2. The molecule has 2 aromatic rings. The van der Waals surface area contributed by atoms with Crippen molar-refractivity contribution in [3.05, 3.63) is 58.1 Å². The van der Waals surface area contributed by atoms with E-state index in [1.165, 1.54) is 6.21 Å². The van der Waals surface area contributed by atoms with E-state index in [0.29, 0.717) is 28.1 Å². The monoisotopic (exact) mass is 491 g/mol. The molecule has 1 amide bonds. The number of aliphatic carboxylic acids is 1. The number of hydrogen-bond donors (Lipinski definition) is 2. The molecule has 156 valence electrons. The molecule has 1 heterocycles. The molecule has 10 heteroatoms. The second kappa shape index (κ2) is 10.3. The van der Waals surface area contributed by atoms with Gasteiger partial charge in [0.2, 0.25) is 5.91 Å². The summed E-state index contributed by atoms with van der Waals surface area (Å²) in [6.07, 6.45) is 1.23. The van der Waals surface area contributed by atoms with Crippen LogP contribution in [0.1, 0.15) is 17.5 Å². The lowest BCUT2D eigenvalue weighted by Gasteiger charge is -2.13. The van der Waals surface area contributed by atoms with Crippen molar-refractivity contribution in [3.8, 4) is 11.5 Å². The SMILES string of the molecule is COc1cc(C=NN=C2NC(=O)C(CC(=O)O)S2)cc(Br)c1OCc1ccccc1. The highest BCUT2D eigenvalue weighted by Gasteiger charge is 2.32. The summed E-state index contributed by atoms with van der Waals surface area (Å²) in [4.78, 5) is 22.5. The van der Waals surface area contributed by atoms with Gasteiger partial charge < -0.3 is 19.9 Å². The molecule has 0 aromatic heterocycles. The number of hydrogen-bond acceptors (Lipinski definition) is 7. The second-order valence-electron chi connectivity index (χ2n) is 6.15. The zero-order chi connectivity index (χ0) is 21.5. The third kappa shape index (κ3) is 5.83. The van der Waals surface area contributed by atoms with Crippen molar-refractivity contribution < 1.29 is 24.2 Å². The number of nitrogens with zero attached hydrogens (tertiary/aromatic N) is 2. The van der Waals surface area contributed by atoms with Gasteiger partial charge in [-0.3, -0.25) is 9.59 Å². The van der Waals surface area contributed by atoms with E-state index in [9.17, 15) is 9.59 Å². The van der Waals surface area contributed by atoms with Crippen LogP contribution in [-0.2, 0) is 16.2 Å². The van der Waals surface area contributed by atoms with E-state index in [0.717, 1.165) is 17.3 Å². The first-order valence-corrected chi connectivity index (χ1v) is 10.5. The van der Waals surface area contributed by atoms with Gasteiger partial charge in [0.15, 0.2) is 16.7 Å². The standard InChI is InChI=1S/C20H18BrN3O5S/c1-28-15-8-13(7-14(21)18(15)29-11-12-5-3-2-4-6-12)10-22-24-20-23-19(27)16(30-20)9-17(25)26/h2-8,10,16H,9,11H2,1H3,(H,25,26)(H,23,24,27). The Bertz CT molecular complexity index is 997. The van der Waals surface area contributed by atoms with Gasteiger partial charge in [0.05, 0.1) is 24.2 Å². The summed E-state index contributed by atoms with van der Waals surface area (Å²) in [5, 5.41) is 18.8. The first kappa shape index (κ1) is 21.8. The van der Waals surface area contributed by atoms with Crippen LogP contribution in [0.2, 0.25) is 0 Å². The van der Waals surface area contributed by atoms with Crippen LogP contribution >= 0.6 is 27.7 Å². The van der Waals surface area contributed by atoms with Gasteiger partial charge in [-0.15, -0.1) is 5.10 Å². The Morgan fingerprint density at radius 2 is 2.10 bits per heavy atom. The fourth-order valence-corrected chi connectivity index (χ4v) is 4.07. The maximum absolute atomic E-state index is 11.7. The molecule has 3 rings (SSSR count). The Kier molecular flexibility index (Phi) is 7.47. The lowest BCUT2D eigenvalue weighted by molar-refractivity contribution is -0.138. The highest BCUT2D eigenvalue weighted by atomic mass is 79.9. The molecule has 1 aliphatic heterocycles. The molecule has 1 saturated heterocycles. The molecule has 0 aliphatic carbocycles. The molecule has 0 radical (unpaired) electrons. The molecule has 0 saturated carbocycles. The number of benzene rings is 2. The van der Waals surface area contributed by atoms with Crippen molar-refractivity contribution >= 4 is 51.0 Å².